The first-order chi connectivity index (χ1) is 9.59. The van der Waals surface area contributed by atoms with Crippen LogP contribution in [0.5, 0.6) is 0 Å². The number of aliphatic carboxylic acids is 1. The van der Waals surface area contributed by atoms with E-state index >= 15 is 0 Å². The van der Waals surface area contributed by atoms with Crippen molar-refractivity contribution in [2.24, 2.45) is 5.41 Å². The normalized spacial score (nSPS) is 23.9. The van der Waals surface area contributed by atoms with E-state index in [1.807, 2.05) is 0 Å². The van der Waals surface area contributed by atoms with Gasteiger partial charge in [-0.3, -0.25) is 9.69 Å². The van der Waals surface area contributed by atoms with Crippen LogP contribution in [0, 0.1) is 5.41 Å². The number of likely N-dealkylation sites (tertiary alicyclic amines) is 1. The molecule has 20 heavy (non-hydrogen) atoms. The number of carboxylic acids is 1. The number of aromatic nitrogens is 1. The lowest BCUT2D eigenvalue weighted by Crippen LogP contribution is -2.47. The molecule has 1 saturated heterocycles. The van der Waals surface area contributed by atoms with Gasteiger partial charge in [-0.1, -0.05) is 20.3 Å². The van der Waals surface area contributed by atoms with E-state index < -0.39 is 11.4 Å². The third-order valence-corrected chi connectivity index (χ3v) is 5.17. The lowest BCUT2D eigenvalue weighted by Gasteiger charge is -2.39. The van der Waals surface area contributed by atoms with E-state index in [1.54, 1.807) is 11.3 Å². The van der Waals surface area contributed by atoms with Crippen molar-refractivity contribution < 1.29 is 9.90 Å². The Hall–Kier alpha value is -0.940. The highest BCUT2D eigenvalue weighted by Gasteiger charge is 2.41. The molecule has 0 aromatic carbocycles. The van der Waals surface area contributed by atoms with Gasteiger partial charge in [-0.25, -0.2) is 4.98 Å². The van der Waals surface area contributed by atoms with Crippen molar-refractivity contribution in [3.63, 3.8) is 0 Å². The Morgan fingerprint density at radius 3 is 2.95 bits per heavy atom. The highest BCUT2D eigenvalue weighted by Crippen LogP contribution is 2.35. The Bertz CT molecular complexity index is 456. The van der Waals surface area contributed by atoms with Crippen LogP contribution < -0.4 is 0 Å². The molecule has 1 aliphatic rings. The summed E-state index contributed by atoms with van der Waals surface area (Å²) < 4.78 is 0. The molecule has 1 aliphatic heterocycles. The predicted octanol–water partition coefficient (Wildman–Crippen LogP) is 3.17. The van der Waals surface area contributed by atoms with E-state index in [4.69, 9.17) is 0 Å². The van der Waals surface area contributed by atoms with E-state index in [0.717, 1.165) is 55.9 Å². The molecule has 1 fully saturated rings. The quantitative estimate of drug-likeness (QED) is 0.876. The second-order valence-electron chi connectivity index (χ2n) is 5.74. The maximum absolute atomic E-state index is 11.7. The van der Waals surface area contributed by atoms with Gasteiger partial charge in [-0.05, 0) is 32.2 Å². The number of rotatable bonds is 6. The van der Waals surface area contributed by atoms with Crippen molar-refractivity contribution in [1.29, 1.82) is 0 Å². The number of piperidine rings is 1. The third-order valence-electron chi connectivity index (χ3n) is 4.13. The molecule has 0 amide bonds. The van der Waals surface area contributed by atoms with Gasteiger partial charge in [-0.15, -0.1) is 11.3 Å². The summed E-state index contributed by atoms with van der Waals surface area (Å²) in [4.78, 5) is 18.5. The number of hydrogen-bond donors (Lipinski definition) is 1. The van der Waals surface area contributed by atoms with Crippen LogP contribution in [0.25, 0.3) is 0 Å². The summed E-state index contributed by atoms with van der Waals surface area (Å²) in [5, 5.41) is 12.9. The molecule has 2 heterocycles. The Labute approximate surface area is 124 Å². The summed E-state index contributed by atoms with van der Waals surface area (Å²) in [6.07, 6.45) is 4.45. The van der Waals surface area contributed by atoms with Crippen molar-refractivity contribution in [2.75, 3.05) is 13.1 Å². The largest absolute Gasteiger partial charge is 0.481 e. The monoisotopic (exact) mass is 296 g/mol. The first-order valence-electron chi connectivity index (χ1n) is 7.48. The van der Waals surface area contributed by atoms with Crippen molar-refractivity contribution in [3.05, 3.63) is 16.1 Å². The van der Waals surface area contributed by atoms with E-state index in [9.17, 15) is 9.90 Å². The van der Waals surface area contributed by atoms with Gasteiger partial charge >= 0.3 is 5.97 Å². The molecular weight excluding hydrogens is 272 g/mol. The Morgan fingerprint density at radius 1 is 1.55 bits per heavy atom. The fourth-order valence-corrected chi connectivity index (χ4v) is 3.88. The molecular formula is C15H24N2O2S. The zero-order chi connectivity index (χ0) is 14.6. The molecule has 0 saturated carbocycles. The van der Waals surface area contributed by atoms with Crippen LogP contribution in [0.2, 0.25) is 0 Å². The highest BCUT2D eigenvalue weighted by molar-refractivity contribution is 7.09. The highest BCUT2D eigenvalue weighted by atomic mass is 32.1. The molecule has 0 radical (unpaired) electrons. The van der Waals surface area contributed by atoms with Gasteiger partial charge in [0.25, 0.3) is 0 Å². The molecule has 1 N–H and O–H groups in total. The zero-order valence-corrected chi connectivity index (χ0v) is 13.2. The Balaban J connectivity index is 2.03. The number of hydrogen-bond acceptors (Lipinski definition) is 4. The van der Waals surface area contributed by atoms with E-state index in [0.29, 0.717) is 6.54 Å². The summed E-state index contributed by atoms with van der Waals surface area (Å²) in [6, 6.07) is 0. The zero-order valence-electron chi connectivity index (χ0n) is 12.4. The summed E-state index contributed by atoms with van der Waals surface area (Å²) >= 11 is 1.70. The first-order valence-corrected chi connectivity index (χ1v) is 8.36. The molecule has 2 rings (SSSR count). The average Bonchev–Trinajstić information content (AvgIpc) is 2.87. The van der Waals surface area contributed by atoms with Crippen LogP contribution >= 0.6 is 11.3 Å². The smallest absolute Gasteiger partial charge is 0.310 e. The van der Waals surface area contributed by atoms with Crippen molar-refractivity contribution in [2.45, 2.75) is 52.5 Å². The molecule has 5 heteroatoms. The Kier molecular flexibility index (Phi) is 5.16. The standard InChI is InChI=1S/C15H24N2O2S/c1-3-6-15(14(18)19)7-5-8-17(11-15)9-12-10-20-13(4-2)16-12/h10H,3-9,11H2,1-2H3,(H,18,19)/t15-/m1/s1. The first kappa shape index (κ1) is 15.4. The topological polar surface area (TPSA) is 53.4 Å². The molecule has 0 unspecified atom stereocenters. The molecule has 1 aromatic heterocycles. The van der Waals surface area contributed by atoms with Gasteiger partial charge in [0.15, 0.2) is 0 Å². The fourth-order valence-electron chi connectivity index (χ4n) is 3.14. The second-order valence-corrected chi connectivity index (χ2v) is 6.68. The number of carboxylic acid groups (broad SMARTS) is 1. The number of carbonyl (C=O) groups is 1. The van der Waals surface area contributed by atoms with Gasteiger partial charge in [0.05, 0.1) is 16.1 Å². The summed E-state index contributed by atoms with van der Waals surface area (Å²) in [5.41, 5.74) is 0.543. The molecule has 4 nitrogen and oxygen atoms in total. The van der Waals surface area contributed by atoms with Crippen molar-refractivity contribution >= 4 is 17.3 Å². The Morgan fingerprint density at radius 2 is 2.35 bits per heavy atom. The van der Waals surface area contributed by atoms with Crippen LogP contribution in [-0.4, -0.2) is 34.0 Å². The maximum Gasteiger partial charge on any atom is 0.310 e. The minimum Gasteiger partial charge on any atom is -0.481 e. The predicted molar refractivity (Wildman–Crippen MR) is 81.0 cm³/mol. The summed E-state index contributed by atoms with van der Waals surface area (Å²) in [5.74, 6) is -0.628. The molecule has 0 spiro atoms. The molecule has 1 atom stereocenters. The van der Waals surface area contributed by atoms with Crippen LogP contribution in [-0.2, 0) is 17.8 Å². The molecule has 1 aromatic rings. The van der Waals surface area contributed by atoms with Crippen molar-refractivity contribution in [1.82, 2.24) is 9.88 Å². The van der Waals surface area contributed by atoms with Crippen LogP contribution in [0.1, 0.15) is 50.2 Å². The van der Waals surface area contributed by atoms with E-state index in [-0.39, 0.29) is 0 Å². The molecule has 112 valence electrons. The molecule has 0 aliphatic carbocycles. The van der Waals surface area contributed by atoms with E-state index in [2.05, 4.69) is 29.1 Å². The SMILES string of the molecule is CCC[C@@]1(C(=O)O)CCCN(Cc2csc(CC)n2)C1. The third kappa shape index (κ3) is 3.38. The summed E-state index contributed by atoms with van der Waals surface area (Å²) in [7, 11) is 0. The molecule has 0 bridgehead atoms. The lowest BCUT2D eigenvalue weighted by atomic mass is 9.76. The number of thiazole rings is 1. The minimum atomic E-state index is -0.628. The average molecular weight is 296 g/mol. The van der Waals surface area contributed by atoms with Gasteiger partial charge in [0, 0.05) is 18.5 Å². The van der Waals surface area contributed by atoms with Gasteiger partial charge in [0.2, 0.25) is 0 Å². The van der Waals surface area contributed by atoms with Gasteiger partial charge in [-0.2, -0.15) is 0 Å². The summed E-state index contributed by atoms with van der Waals surface area (Å²) in [6.45, 7) is 6.61. The van der Waals surface area contributed by atoms with Crippen LogP contribution in [0.4, 0.5) is 0 Å². The van der Waals surface area contributed by atoms with Crippen LogP contribution in [0.15, 0.2) is 5.38 Å². The lowest BCUT2D eigenvalue weighted by molar-refractivity contribution is -0.153. The number of nitrogens with zero attached hydrogens (tertiary/aromatic N) is 2. The fraction of sp³-hybridized carbons (Fsp3) is 0.733. The van der Waals surface area contributed by atoms with E-state index in [1.165, 1.54) is 0 Å². The van der Waals surface area contributed by atoms with Gasteiger partial charge in [0.1, 0.15) is 0 Å². The second kappa shape index (κ2) is 6.68. The number of aryl methyl sites for hydroxylation is 1. The van der Waals surface area contributed by atoms with Crippen LogP contribution in [0.3, 0.4) is 0 Å². The van der Waals surface area contributed by atoms with Gasteiger partial charge < -0.3 is 5.11 Å². The maximum atomic E-state index is 11.7. The minimum absolute atomic E-state index is 0.545. The van der Waals surface area contributed by atoms with Crippen molar-refractivity contribution in [3.8, 4) is 0 Å².